The summed E-state index contributed by atoms with van der Waals surface area (Å²) in [5, 5.41) is -4.16. The maximum atomic E-state index is 13.3. The quantitative estimate of drug-likeness (QED) is 0.209. The Bertz CT molecular complexity index is 843. The molecule has 0 aromatic heterocycles. The molecular formula is C20H22F4N2OS. The van der Waals surface area contributed by atoms with Gasteiger partial charge in [0, 0.05) is 18.5 Å². The molecular weight excluding hydrogens is 392 g/mol. The van der Waals surface area contributed by atoms with Gasteiger partial charge in [-0.2, -0.15) is 8.78 Å². The molecule has 0 bridgehead atoms. The molecule has 8 heteroatoms. The van der Waals surface area contributed by atoms with E-state index in [0.717, 1.165) is 23.4 Å². The molecule has 0 fully saturated rings. The van der Waals surface area contributed by atoms with Gasteiger partial charge in [-0.25, -0.2) is 13.8 Å². The number of thioether (sulfide) groups is 1. The molecule has 0 saturated heterocycles. The lowest BCUT2D eigenvalue weighted by molar-refractivity contribution is -0.0563. The molecule has 0 saturated carbocycles. The first kappa shape index (κ1) is 22.1. The van der Waals surface area contributed by atoms with Crippen LogP contribution in [-0.4, -0.2) is 36.5 Å². The lowest BCUT2D eigenvalue weighted by atomic mass is 10.1. The third-order valence-corrected chi connectivity index (χ3v) is 4.87. The van der Waals surface area contributed by atoms with Crippen molar-refractivity contribution < 1.29 is 22.3 Å². The molecule has 0 unspecified atom stereocenters. The molecule has 2 aromatic carbocycles. The second kappa shape index (κ2) is 9.32. The summed E-state index contributed by atoms with van der Waals surface area (Å²) in [4.78, 5) is 6.39. The molecule has 2 aromatic rings. The number of aryl methyl sites for hydroxylation is 2. The second-order valence-electron chi connectivity index (χ2n) is 6.26. The Labute approximate surface area is 166 Å². The van der Waals surface area contributed by atoms with E-state index in [0.29, 0.717) is 11.5 Å². The van der Waals surface area contributed by atoms with Crippen molar-refractivity contribution in [2.45, 2.75) is 37.3 Å². The minimum absolute atomic E-state index is 0.000924. The topological polar surface area (TPSA) is 24.8 Å². The zero-order chi connectivity index (χ0) is 20.9. The molecule has 0 radical (unpaired) electrons. The number of hydrogen-bond donors (Lipinski definition) is 0. The molecule has 0 heterocycles. The standard InChI is InChI=1S/C20H22F4N2OS/c1-5-26(4)12-25-17-9-14(3)18(10-13(17)2)27-15-7-6-8-16(11-15)28-20(23,24)19(21)22/h6-12,19H,5H2,1-4H3/b25-12-. The molecule has 0 atom stereocenters. The van der Waals surface area contributed by atoms with E-state index in [2.05, 4.69) is 4.99 Å². The minimum Gasteiger partial charge on any atom is -0.457 e. The third kappa shape index (κ3) is 5.89. The van der Waals surface area contributed by atoms with E-state index in [4.69, 9.17) is 4.74 Å². The van der Waals surface area contributed by atoms with E-state index < -0.39 is 11.7 Å². The first-order valence-electron chi connectivity index (χ1n) is 8.61. The molecule has 0 aliphatic heterocycles. The molecule has 0 aliphatic carbocycles. The predicted molar refractivity (Wildman–Crippen MR) is 106 cm³/mol. The van der Waals surface area contributed by atoms with Crippen LogP contribution in [0.4, 0.5) is 23.2 Å². The monoisotopic (exact) mass is 414 g/mol. The fourth-order valence-corrected chi connectivity index (χ4v) is 2.92. The largest absolute Gasteiger partial charge is 0.457 e. The normalized spacial score (nSPS) is 12.0. The Morgan fingerprint density at radius 1 is 1.18 bits per heavy atom. The zero-order valence-electron chi connectivity index (χ0n) is 16.0. The number of hydrogen-bond acceptors (Lipinski definition) is 3. The van der Waals surface area contributed by atoms with Gasteiger partial charge in [-0.05, 0) is 74.0 Å². The van der Waals surface area contributed by atoms with Crippen LogP contribution >= 0.6 is 11.8 Å². The highest BCUT2D eigenvalue weighted by atomic mass is 32.2. The summed E-state index contributed by atoms with van der Waals surface area (Å²) in [5.41, 5.74) is 2.50. The maximum absolute atomic E-state index is 13.3. The van der Waals surface area contributed by atoms with Crippen LogP contribution < -0.4 is 4.74 Å². The summed E-state index contributed by atoms with van der Waals surface area (Å²) >= 11 is -0.187. The fourth-order valence-electron chi connectivity index (χ4n) is 2.20. The maximum Gasteiger partial charge on any atom is 0.357 e. The number of ether oxygens (including phenoxy) is 1. The van der Waals surface area contributed by atoms with E-state index in [-0.39, 0.29) is 16.7 Å². The Morgan fingerprint density at radius 2 is 1.89 bits per heavy atom. The fraction of sp³-hybridized carbons (Fsp3) is 0.350. The Hall–Kier alpha value is -2.22. The van der Waals surface area contributed by atoms with Gasteiger partial charge in [-0.15, -0.1) is 0 Å². The number of halogens is 4. The van der Waals surface area contributed by atoms with Crippen LogP contribution in [0, 0.1) is 13.8 Å². The van der Waals surface area contributed by atoms with Crippen molar-refractivity contribution >= 4 is 23.8 Å². The van der Waals surface area contributed by atoms with Crippen LogP contribution in [0.3, 0.4) is 0 Å². The van der Waals surface area contributed by atoms with Gasteiger partial charge in [-0.1, -0.05) is 6.07 Å². The highest BCUT2D eigenvalue weighted by Crippen LogP contribution is 2.41. The lowest BCUT2D eigenvalue weighted by Crippen LogP contribution is -2.21. The molecule has 0 amide bonds. The van der Waals surface area contributed by atoms with E-state index in [9.17, 15) is 17.6 Å². The first-order chi connectivity index (χ1) is 13.1. The Morgan fingerprint density at radius 3 is 2.54 bits per heavy atom. The summed E-state index contributed by atoms with van der Waals surface area (Å²) in [6, 6.07) is 9.41. The van der Waals surface area contributed by atoms with E-state index in [1.54, 1.807) is 12.4 Å². The van der Waals surface area contributed by atoms with Crippen molar-refractivity contribution in [3.05, 3.63) is 47.5 Å². The van der Waals surface area contributed by atoms with Crippen molar-refractivity contribution in [2.75, 3.05) is 13.6 Å². The molecule has 3 nitrogen and oxygen atoms in total. The van der Waals surface area contributed by atoms with Crippen LogP contribution in [0.15, 0.2) is 46.3 Å². The molecule has 0 spiro atoms. The Kier molecular flexibility index (Phi) is 7.35. The smallest absolute Gasteiger partial charge is 0.357 e. The number of rotatable bonds is 8. The lowest BCUT2D eigenvalue weighted by Gasteiger charge is -2.16. The average molecular weight is 414 g/mol. The number of aliphatic imine (C=N–C) groups is 1. The van der Waals surface area contributed by atoms with Gasteiger partial charge in [0.2, 0.25) is 0 Å². The molecule has 0 N–H and O–H groups in total. The van der Waals surface area contributed by atoms with Crippen LogP contribution in [0.5, 0.6) is 11.5 Å². The van der Waals surface area contributed by atoms with Gasteiger partial charge in [0.05, 0.1) is 12.0 Å². The summed E-state index contributed by atoms with van der Waals surface area (Å²) in [7, 11) is 1.92. The number of nitrogens with zero attached hydrogens (tertiary/aromatic N) is 2. The molecule has 152 valence electrons. The van der Waals surface area contributed by atoms with E-state index >= 15 is 0 Å². The van der Waals surface area contributed by atoms with Gasteiger partial charge in [0.15, 0.2) is 0 Å². The summed E-state index contributed by atoms with van der Waals surface area (Å²) in [6.07, 6.45) is -2.00. The zero-order valence-corrected chi connectivity index (χ0v) is 16.9. The van der Waals surface area contributed by atoms with Crippen LogP contribution in [-0.2, 0) is 0 Å². The van der Waals surface area contributed by atoms with Gasteiger partial charge in [-0.3, -0.25) is 0 Å². The van der Waals surface area contributed by atoms with Gasteiger partial charge >= 0.3 is 11.7 Å². The van der Waals surface area contributed by atoms with Crippen LogP contribution in [0.1, 0.15) is 18.1 Å². The SMILES string of the molecule is CCN(C)/C=N\c1cc(C)c(Oc2cccc(SC(F)(F)C(F)F)c2)cc1C. The number of alkyl halides is 4. The Balaban J connectivity index is 2.21. The van der Waals surface area contributed by atoms with E-state index in [1.807, 2.05) is 44.9 Å². The summed E-state index contributed by atoms with van der Waals surface area (Å²) < 4.78 is 57.1. The van der Waals surface area contributed by atoms with Crippen molar-refractivity contribution in [3.63, 3.8) is 0 Å². The van der Waals surface area contributed by atoms with Crippen LogP contribution in [0.2, 0.25) is 0 Å². The summed E-state index contributed by atoms with van der Waals surface area (Å²) in [5.74, 6) is 0.836. The molecule has 0 aliphatic rings. The number of benzene rings is 2. The van der Waals surface area contributed by atoms with Gasteiger partial charge in [0.1, 0.15) is 11.5 Å². The van der Waals surface area contributed by atoms with E-state index in [1.165, 1.54) is 18.2 Å². The second-order valence-corrected chi connectivity index (χ2v) is 7.48. The predicted octanol–water partition coefficient (Wildman–Crippen LogP) is 6.66. The first-order valence-corrected chi connectivity index (χ1v) is 9.42. The molecule has 28 heavy (non-hydrogen) atoms. The van der Waals surface area contributed by atoms with Crippen molar-refractivity contribution in [3.8, 4) is 11.5 Å². The van der Waals surface area contributed by atoms with Crippen LogP contribution in [0.25, 0.3) is 0 Å². The molecule has 2 rings (SSSR count). The van der Waals surface area contributed by atoms with Crippen molar-refractivity contribution in [1.82, 2.24) is 4.90 Å². The van der Waals surface area contributed by atoms with Crippen molar-refractivity contribution in [1.29, 1.82) is 0 Å². The van der Waals surface area contributed by atoms with Gasteiger partial charge < -0.3 is 9.64 Å². The van der Waals surface area contributed by atoms with Crippen molar-refractivity contribution in [2.24, 2.45) is 4.99 Å². The minimum atomic E-state index is -4.16. The highest BCUT2D eigenvalue weighted by molar-refractivity contribution is 8.00. The highest BCUT2D eigenvalue weighted by Gasteiger charge is 2.42. The average Bonchev–Trinajstić information content (AvgIpc) is 2.62. The third-order valence-electron chi connectivity index (χ3n) is 3.93. The van der Waals surface area contributed by atoms with Gasteiger partial charge in [0.25, 0.3) is 0 Å². The summed E-state index contributed by atoms with van der Waals surface area (Å²) in [6.45, 7) is 6.59.